The molecule has 0 bridgehead atoms. The Hall–Kier alpha value is -2.34. The molecule has 0 saturated carbocycles. The van der Waals surface area contributed by atoms with Crippen LogP contribution < -0.4 is 10.2 Å². The molecule has 1 aromatic heterocycles. The second-order valence-electron chi connectivity index (χ2n) is 4.49. The third kappa shape index (κ3) is 4.32. The van der Waals surface area contributed by atoms with Crippen LogP contribution in [0.15, 0.2) is 42.5 Å². The van der Waals surface area contributed by atoms with Gasteiger partial charge in [-0.25, -0.2) is 4.79 Å². The van der Waals surface area contributed by atoms with Gasteiger partial charge in [-0.1, -0.05) is 18.2 Å². The van der Waals surface area contributed by atoms with Crippen LogP contribution in [0.1, 0.15) is 9.75 Å². The van der Waals surface area contributed by atoms with E-state index in [-0.39, 0.29) is 6.54 Å². The van der Waals surface area contributed by atoms with E-state index in [1.54, 1.807) is 35.6 Å². The van der Waals surface area contributed by atoms with E-state index in [4.69, 9.17) is 5.11 Å². The third-order valence-electron chi connectivity index (χ3n) is 2.82. The van der Waals surface area contributed by atoms with Crippen LogP contribution in [0.25, 0.3) is 0 Å². The molecule has 2 amide bonds. The van der Waals surface area contributed by atoms with Gasteiger partial charge in [0.15, 0.2) is 0 Å². The molecule has 1 aromatic carbocycles. The highest BCUT2D eigenvalue weighted by molar-refractivity contribution is 7.11. The predicted molar refractivity (Wildman–Crippen MR) is 82.7 cm³/mol. The number of aryl methyl sites for hydroxylation is 1. The van der Waals surface area contributed by atoms with E-state index in [0.29, 0.717) is 12.2 Å². The smallest absolute Gasteiger partial charge is 0.323 e. The third-order valence-corrected chi connectivity index (χ3v) is 3.82. The van der Waals surface area contributed by atoms with Crippen molar-refractivity contribution in [1.82, 2.24) is 5.32 Å². The molecule has 0 radical (unpaired) electrons. The normalized spacial score (nSPS) is 10.1. The van der Waals surface area contributed by atoms with Gasteiger partial charge in [0.2, 0.25) is 0 Å². The van der Waals surface area contributed by atoms with Crippen molar-refractivity contribution in [3.05, 3.63) is 52.2 Å². The molecule has 0 aliphatic rings. The molecule has 0 saturated heterocycles. The molecule has 2 aromatic rings. The minimum atomic E-state index is -1.05. The molecule has 0 atom stereocenters. The quantitative estimate of drug-likeness (QED) is 0.892. The molecule has 110 valence electrons. The van der Waals surface area contributed by atoms with Crippen LogP contribution >= 0.6 is 11.3 Å². The number of hydrogen-bond acceptors (Lipinski definition) is 3. The van der Waals surface area contributed by atoms with Crippen molar-refractivity contribution in [3.63, 3.8) is 0 Å². The van der Waals surface area contributed by atoms with E-state index in [9.17, 15) is 9.59 Å². The van der Waals surface area contributed by atoms with Gasteiger partial charge in [0.05, 0.1) is 6.54 Å². The largest absolute Gasteiger partial charge is 0.480 e. The first-order valence-electron chi connectivity index (χ1n) is 6.44. The molecule has 0 unspecified atom stereocenters. The molecule has 0 fully saturated rings. The average molecular weight is 304 g/mol. The number of carboxylic acids is 1. The van der Waals surface area contributed by atoms with E-state index < -0.39 is 12.0 Å². The maximum atomic E-state index is 12.2. The van der Waals surface area contributed by atoms with Crippen molar-refractivity contribution in [1.29, 1.82) is 0 Å². The van der Waals surface area contributed by atoms with Gasteiger partial charge in [-0.15, -0.1) is 11.3 Å². The van der Waals surface area contributed by atoms with E-state index >= 15 is 0 Å². The Labute approximate surface area is 126 Å². The highest BCUT2D eigenvalue weighted by Gasteiger charge is 2.18. The Morgan fingerprint density at radius 3 is 2.48 bits per heavy atom. The molecular weight excluding hydrogens is 288 g/mol. The van der Waals surface area contributed by atoms with E-state index in [2.05, 4.69) is 5.32 Å². The van der Waals surface area contributed by atoms with Crippen LogP contribution in [-0.4, -0.2) is 23.7 Å². The number of benzene rings is 1. The fraction of sp³-hybridized carbons (Fsp3) is 0.200. The summed E-state index contributed by atoms with van der Waals surface area (Å²) in [4.78, 5) is 26.6. The number of nitrogens with zero attached hydrogens (tertiary/aromatic N) is 1. The summed E-state index contributed by atoms with van der Waals surface area (Å²) in [7, 11) is 0. The number of urea groups is 1. The van der Waals surface area contributed by atoms with Gasteiger partial charge in [0.25, 0.3) is 0 Å². The van der Waals surface area contributed by atoms with Crippen molar-refractivity contribution in [3.8, 4) is 0 Å². The molecule has 2 rings (SSSR count). The van der Waals surface area contributed by atoms with E-state index in [1.165, 1.54) is 9.78 Å². The summed E-state index contributed by atoms with van der Waals surface area (Å²) in [6, 6.07) is 12.3. The number of carboxylic acid groups (broad SMARTS) is 1. The van der Waals surface area contributed by atoms with Gasteiger partial charge < -0.3 is 10.4 Å². The molecule has 5 nitrogen and oxygen atoms in total. The SMILES string of the molecule is Cc1ccc(CNC(=O)N(CC(=O)O)c2ccccc2)s1. The highest BCUT2D eigenvalue weighted by atomic mass is 32.1. The summed E-state index contributed by atoms with van der Waals surface area (Å²) < 4.78 is 0. The number of hydrogen-bond donors (Lipinski definition) is 2. The molecule has 6 heteroatoms. The Morgan fingerprint density at radius 1 is 1.19 bits per heavy atom. The Balaban J connectivity index is 2.05. The lowest BCUT2D eigenvalue weighted by molar-refractivity contribution is -0.135. The minimum Gasteiger partial charge on any atom is -0.480 e. The summed E-state index contributed by atoms with van der Waals surface area (Å²) >= 11 is 1.60. The fourth-order valence-electron chi connectivity index (χ4n) is 1.86. The average Bonchev–Trinajstić information content (AvgIpc) is 2.88. The van der Waals surface area contributed by atoms with Crippen LogP contribution in [0.2, 0.25) is 0 Å². The van der Waals surface area contributed by atoms with Crippen molar-refractivity contribution < 1.29 is 14.7 Å². The maximum Gasteiger partial charge on any atom is 0.323 e. The molecule has 0 spiro atoms. The topological polar surface area (TPSA) is 69.6 Å². The second kappa shape index (κ2) is 6.90. The van der Waals surface area contributed by atoms with Gasteiger partial charge in [-0.05, 0) is 31.2 Å². The number of aliphatic carboxylic acids is 1. The Morgan fingerprint density at radius 2 is 1.90 bits per heavy atom. The monoisotopic (exact) mass is 304 g/mol. The summed E-state index contributed by atoms with van der Waals surface area (Å²) in [5, 5.41) is 11.7. The second-order valence-corrected chi connectivity index (χ2v) is 5.86. The first-order chi connectivity index (χ1) is 10.1. The Kier molecular flexibility index (Phi) is 4.94. The Bertz CT molecular complexity index is 625. The summed E-state index contributed by atoms with van der Waals surface area (Å²) in [5.74, 6) is -1.05. The zero-order valence-electron chi connectivity index (χ0n) is 11.6. The highest BCUT2D eigenvalue weighted by Crippen LogP contribution is 2.16. The fourth-order valence-corrected chi connectivity index (χ4v) is 2.69. The molecule has 0 aliphatic heterocycles. The van der Waals surface area contributed by atoms with Crippen molar-refractivity contribution in [2.24, 2.45) is 0 Å². The minimum absolute atomic E-state index is 0.376. The number of anilines is 1. The van der Waals surface area contributed by atoms with Crippen LogP contribution in [0, 0.1) is 6.92 Å². The van der Waals surface area contributed by atoms with Crippen molar-refractivity contribution >= 4 is 29.0 Å². The number of carbonyl (C=O) groups excluding carboxylic acids is 1. The van der Waals surface area contributed by atoms with Crippen LogP contribution in [-0.2, 0) is 11.3 Å². The maximum absolute atomic E-state index is 12.2. The van der Waals surface area contributed by atoms with Gasteiger partial charge in [-0.2, -0.15) is 0 Å². The van der Waals surface area contributed by atoms with Gasteiger partial charge in [-0.3, -0.25) is 9.69 Å². The lowest BCUT2D eigenvalue weighted by atomic mass is 10.3. The number of nitrogens with one attached hydrogen (secondary N) is 1. The first-order valence-corrected chi connectivity index (χ1v) is 7.25. The number of para-hydroxylation sites is 1. The van der Waals surface area contributed by atoms with Gasteiger partial charge in [0, 0.05) is 15.4 Å². The lowest BCUT2D eigenvalue weighted by Gasteiger charge is -2.21. The number of thiophene rings is 1. The van der Waals surface area contributed by atoms with E-state index in [1.807, 2.05) is 25.1 Å². The number of rotatable bonds is 5. The van der Waals surface area contributed by atoms with Crippen LogP contribution in [0.3, 0.4) is 0 Å². The van der Waals surface area contributed by atoms with Crippen LogP contribution in [0.5, 0.6) is 0 Å². The first kappa shape index (κ1) is 15.1. The van der Waals surface area contributed by atoms with Crippen LogP contribution in [0.4, 0.5) is 10.5 Å². The van der Waals surface area contributed by atoms with Gasteiger partial charge in [0.1, 0.15) is 6.54 Å². The zero-order valence-corrected chi connectivity index (χ0v) is 12.4. The van der Waals surface area contributed by atoms with Crippen molar-refractivity contribution in [2.75, 3.05) is 11.4 Å². The lowest BCUT2D eigenvalue weighted by Crippen LogP contribution is -2.42. The molecular formula is C15H16N2O3S. The van der Waals surface area contributed by atoms with E-state index in [0.717, 1.165) is 4.88 Å². The van der Waals surface area contributed by atoms with Gasteiger partial charge >= 0.3 is 12.0 Å². The molecule has 1 heterocycles. The number of amides is 2. The zero-order chi connectivity index (χ0) is 15.2. The summed E-state index contributed by atoms with van der Waals surface area (Å²) in [6.45, 7) is 2.01. The summed E-state index contributed by atoms with van der Waals surface area (Å²) in [5.41, 5.74) is 0.555. The molecule has 21 heavy (non-hydrogen) atoms. The standard InChI is InChI=1S/C15H16N2O3S/c1-11-7-8-13(21-11)9-16-15(20)17(10-14(18)19)12-5-3-2-4-6-12/h2-8H,9-10H2,1H3,(H,16,20)(H,18,19). The molecule has 0 aliphatic carbocycles. The number of carbonyl (C=O) groups is 2. The van der Waals surface area contributed by atoms with Crippen molar-refractivity contribution in [2.45, 2.75) is 13.5 Å². The molecule has 2 N–H and O–H groups in total. The predicted octanol–water partition coefficient (Wildman–Crippen LogP) is 2.86. The summed E-state index contributed by atoms with van der Waals surface area (Å²) in [6.07, 6.45) is 0.